The number of hydrogen-bond acceptors (Lipinski definition) is 8. The quantitative estimate of drug-likeness (QED) is 0.423. The molecule has 35 heavy (non-hydrogen) atoms. The van der Waals surface area contributed by atoms with Crippen LogP contribution in [0.3, 0.4) is 0 Å². The third-order valence-corrected chi connectivity index (χ3v) is 7.37. The Balaban J connectivity index is 2.04. The van der Waals surface area contributed by atoms with Crippen LogP contribution in [0.4, 0.5) is 9.59 Å². The summed E-state index contributed by atoms with van der Waals surface area (Å²) in [6.07, 6.45) is -1.20. The largest absolute Gasteiger partial charge is 0.450 e. The Labute approximate surface area is 206 Å². The summed E-state index contributed by atoms with van der Waals surface area (Å²) >= 11 is 0. The SMILES string of the molecule is CCOC(=O)N1CCN(C(=O)[C@H](CCP(=O)(OCC)OCC)NC(=O)OCc2ccccc2)CC1. The Kier molecular flexibility index (Phi) is 12.0. The molecular formula is C23H36N3O8P. The van der Waals surface area contributed by atoms with Crippen molar-refractivity contribution in [2.45, 2.75) is 39.8 Å². The smallest absolute Gasteiger partial charge is 0.409 e. The first-order valence-electron chi connectivity index (χ1n) is 11.9. The lowest BCUT2D eigenvalue weighted by molar-refractivity contribution is -0.135. The molecule has 0 aliphatic carbocycles. The Bertz CT molecular complexity index is 852. The van der Waals surface area contributed by atoms with Gasteiger partial charge in [-0.05, 0) is 32.8 Å². The van der Waals surface area contributed by atoms with Crippen LogP contribution in [0.5, 0.6) is 0 Å². The van der Waals surface area contributed by atoms with Crippen molar-refractivity contribution in [2.24, 2.45) is 0 Å². The van der Waals surface area contributed by atoms with Gasteiger partial charge in [-0.25, -0.2) is 9.59 Å². The van der Waals surface area contributed by atoms with Crippen LogP contribution in [0.25, 0.3) is 0 Å². The van der Waals surface area contributed by atoms with Crippen LogP contribution in [-0.2, 0) is 34.5 Å². The van der Waals surface area contributed by atoms with E-state index in [0.29, 0.717) is 13.1 Å². The molecule has 1 aliphatic heterocycles. The fourth-order valence-corrected chi connectivity index (χ4v) is 5.25. The fourth-order valence-electron chi connectivity index (χ4n) is 3.56. The number of hydrogen-bond donors (Lipinski definition) is 1. The van der Waals surface area contributed by atoms with E-state index in [0.717, 1.165) is 5.56 Å². The molecule has 0 spiro atoms. The van der Waals surface area contributed by atoms with Crippen molar-refractivity contribution in [3.63, 3.8) is 0 Å². The zero-order valence-electron chi connectivity index (χ0n) is 20.6. The minimum atomic E-state index is -3.42. The molecule has 0 bridgehead atoms. The topological polar surface area (TPSA) is 124 Å². The molecule has 196 valence electrons. The predicted molar refractivity (Wildman–Crippen MR) is 129 cm³/mol. The average molecular weight is 514 g/mol. The van der Waals surface area contributed by atoms with Gasteiger partial charge in [0.05, 0.1) is 26.0 Å². The first-order chi connectivity index (χ1) is 16.8. The van der Waals surface area contributed by atoms with Gasteiger partial charge in [-0.15, -0.1) is 0 Å². The van der Waals surface area contributed by atoms with Crippen molar-refractivity contribution in [1.82, 2.24) is 15.1 Å². The second kappa shape index (κ2) is 14.7. The lowest BCUT2D eigenvalue weighted by Gasteiger charge is -2.36. The van der Waals surface area contributed by atoms with Gasteiger partial charge in [0, 0.05) is 26.2 Å². The van der Waals surface area contributed by atoms with E-state index >= 15 is 0 Å². The zero-order valence-corrected chi connectivity index (χ0v) is 21.5. The highest BCUT2D eigenvalue weighted by Crippen LogP contribution is 2.48. The summed E-state index contributed by atoms with van der Waals surface area (Å²) in [5.41, 5.74) is 0.804. The standard InChI is InChI=1S/C23H36N3O8P/c1-4-31-23(29)26-15-13-25(14-16-26)21(27)20(12-17-35(30,33-5-2)34-6-3)24-22(28)32-18-19-10-8-7-9-11-19/h7-11,20H,4-6,12-18H2,1-3H3,(H,24,28)/t20-/m0/s1. The Morgan fingerprint density at radius 2 is 1.51 bits per heavy atom. The van der Waals surface area contributed by atoms with Crippen molar-refractivity contribution < 1.29 is 37.5 Å². The van der Waals surface area contributed by atoms with Crippen molar-refractivity contribution >= 4 is 25.7 Å². The Morgan fingerprint density at radius 1 is 0.914 bits per heavy atom. The maximum Gasteiger partial charge on any atom is 0.409 e. The van der Waals surface area contributed by atoms with E-state index < -0.39 is 25.8 Å². The first kappa shape index (κ1) is 28.6. The molecule has 3 amide bonds. The van der Waals surface area contributed by atoms with E-state index in [1.807, 2.05) is 30.3 Å². The zero-order chi connectivity index (χ0) is 25.7. The van der Waals surface area contributed by atoms with Gasteiger partial charge in [0.2, 0.25) is 5.91 Å². The molecule has 1 atom stereocenters. The van der Waals surface area contributed by atoms with Gasteiger partial charge in [-0.3, -0.25) is 9.36 Å². The fraction of sp³-hybridized carbons (Fsp3) is 0.609. The van der Waals surface area contributed by atoms with Gasteiger partial charge in [0.15, 0.2) is 0 Å². The van der Waals surface area contributed by atoms with Crippen molar-refractivity contribution in [3.05, 3.63) is 35.9 Å². The molecule has 1 saturated heterocycles. The molecule has 1 aromatic carbocycles. The average Bonchev–Trinajstić information content (AvgIpc) is 2.86. The molecule has 2 rings (SSSR count). The van der Waals surface area contributed by atoms with Crippen LogP contribution in [0.1, 0.15) is 32.8 Å². The molecular weight excluding hydrogens is 477 g/mol. The van der Waals surface area contributed by atoms with E-state index in [4.69, 9.17) is 18.5 Å². The van der Waals surface area contributed by atoms with Crippen LogP contribution < -0.4 is 5.32 Å². The second-order valence-electron chi connectivity index (χ2n) is 7.73. The van der Waals surface area contributed by atoms with Crippen LogP contribution in [0.15, 0.2) is 30.3 Å². The van der Waals surface area contributed by atoms with E-state index in [1.165, 1.54) is 4.90 Å². The molecule has 11 nitrogen and oxygen atoms in total. The first-order valence-corrected chi connectivity index (χ1v) is 13.6. The van der Waals surface area contributed by atoms with Gasteiger partial charge >= 0.3 is 19.8 Å². The van der Waals surface area contributed by atoms with Crippen LogP contribution >= 0.6 is 7.60 Å². The number of amides is 3. The molecule has 1 N–H and O–H groups in total. The van der Waals surface area contributed by atoms with Crippen molar-refractivity contribution in [1.29, 1.82) is 0 Å². The van der Waals surface area contributed by atoms with Gasteiger partial charge in [0.1, 0.15) is 12.6 Å². The van der Waals surface area contributed by atoms with Crippen molar-refractivity contribution in [3.8, 4) is 0 Å². The number of ether oxygens (including phenoxy) is 2. The molecule has 0 unspecified atom stereocenters. The molecule has 1 aliphatic rings. The van der Waals surface area contributed by atoms with E-state index in [2.05, 4.69) is 5.32 Å². The molecule has 0 saturated carbocycles. The van der Waals surface area contributed by atoms with Crippen LogP contribution in [0, 0.1) is 0 Å². The van der Waals surface area contributed by atoms with Gasteiger partial charge in [0.25, 0.3) is 0 Å². The number of alkyl carbamates (subject to hydrolysis) is 1. The number of carbonyl (C=O) groups is 3. The molecule has 1 aromatic rings. The number of benzene rings is 1. The molecule has 0 radical (unpaired) electrons. The monoisotopic (exact) mass is 513 g/mol. The lowest BCUT2D eigenvalue weighted by Crippen LogP contribution is -2.56. The normalized spacial score (nSPS) is 14.8. The highest BCUT2D eigenvalue weighted by molar-refractivity contribution is 7.53. The van der Waals surface area contributed by atoms with Crippen LogP contribution in [0.2, 0.25) is 0 Å². The highest BCUT2D eigenvalue weighted by atomic mass is 31.2. The minimum Gasteiger partial charge on any atom is -0.450 e. The minimum absolute atomic E-state index is 0.0363. The number of piperazine rings is 1. The van der Waals surface area contributed by atoms with E-state index in [1.54, 1.807) is 25.7 Å². The Morgan fingerprint density at radius 3 is 2.09 bits per heavy atom. The molecule has 1 heterocycles. The molecule has 0 aromatic heterocycles. The van der Waals surface area contributed by atoms with E-state index in [-0.39, 0.29) is 58.0 Å². The summed E-state index contributed by atoms with van der Waals surface area (Å²) in [5, 5.41) is 2.61. The summed E-state index contributed by atoms with van der Waals surface area (Å²) in [7, 11) is -3.42. The number of nitrogens with one attached hydrogen (secondary N) is 1. The molecule has 12 heteroatoms. The molecule has 1 fully saturated rings. The highest BCUT2D eigenvalue weighted by Gasteiger charge is 2.33. The summed E-state index contributed by atoms with van der Waals surface area (Å²) in [4.78, 5) is 40.8. The lowest BCUT2D eigenvalue weighted by atomic mass is 10.1. The maximum absolute atomic E-state index is 13.3. The maximum atomic E-state index is 13.3. The van der Waals surface area contributed by atoms with Crippen molar-refractivity contribution in [2.75, 3.05) is 52.2 Å². The number of nitrogens with zero attached hydrogens (tertiary/aromatic N) is 2. The van der Waals surface area contributed by atoms with Gasteiger partial charge < -0.3 is 33.6 Å². The van der Waals surface area contributed by atoms with Crippen LogP contribution in [-0.4, -0.2) is 86.1 Å². The Hall–Kier alpha value is -2.62. The summed E-state index contributed by atoms with van der Waals surface area (Å²) in [5.74, 6) is -0.357. The predicted octanol–water partition coefficient (Wildman–Crippen LogP) is 3.24. The number of carbonyl (C=O) groups excluding carboxylic acids is 3. The van der Waals surface area contributed by atoms with Gasteiger partial charge in [-0.1, -0.05) is 30.3 Å². The summed E-state index contributed by atoms with van der Waals surface area (Å²) < 4.78 is 33.9. The number of rotatable bonds is 12. The van der Waals surface area contributed by atoms with E-state index in [9.17, 15) is 18.9 Å². The van der Waals surface area contributed by atoms with Gasteiger partial charge in [-0.2, -0.15) is 0 Å². The summed E-state index contributed by atoms with van der Waals surface area (Å²) in [6.45, 7) is 7.03. The summed E-state index contributed by atoms with van der Waals surface area (Å²) in [6, 6.07) is 8.16. The third kappa shape index (κ3) is 9.51. The third-order valence-electron chi connectivity index (χ3n) is 5.26. The second-order valence-corrected chi connectivity index (χ2v) is 9.91.